The number of aromatic amines is 2. The molecule has 11 nitrogen and oxygen atoms in total. The molecule has 6 rings (SSSR count). The summed E-state index contributed by atoms with van der Waals surface area (Å²) in [4.78, 5) is 31.2. The van der Waals surface area contributed by atoms with E-state index in [1.807, 2.05) is 19.1 Å². The quantitative estimate of drug-likeness (QED) is 0.295. The van der Waals surface area contributed by atoms with Gasteiger partial charge in [0.2, 0.25) is 0 Å². The van der Waals surface area contributed by atoms with Gasteiger partial charge in [0.25, 0.3) is 15.6 Å². The van der Waals surface area contributed by atoms with Crippen molar-refractivity contribution in [3.05, 3.63) is 77.5 Å². The van der Waals surface area contributed by atoms with E-state index in [0.29, 0.717) is 45.4 Å². The number of benzene rings is 3. The van der Waals surface area contributed by atoms with Gasteiger partial charge in [-0.25, -0.2) is 9.97 Å². The second-order valence-corrected chi connectivity index (χ2v) is 10.1. The van der Waals surface area contributed by atoms with Crippen molar-refractivity contribution in [2.45, 2.75) is 18.2 Å². The number of hydrogen-bond acceptors (Lipinski definition) is 7. The van der Waals surface area contributed by atoms with Gasteiger partial charge in [0.15, 0.2) is 0 Å². The van der Waals surface area contributed by atoms with Crippen molar-refractivity contribution < 1.29 is 13.2 Å². The first-order valence-electron chi connectivity index (χ1n) is 11.5. The van der Waals surface area contributed by atoms with Gasteiger partial charge >= 0.3 is 0 Å². The molecule has 0 aliphatic heterocycles. The average molecular weight is 516 g/mol. The van der Waals surface area contributed by atoms with E-state index in [1.165, 1.54) is 16.9 Å². The van der Waals surface area contributed by atoms with E-state index in [0.717, 1.165) is 11.8 Å². The third-order valence-electron chi connectivity index (χ3n) is 5.91. The van der Waals surface area contributed by atoms with E-state index < -0.39 is 10.0 Å². The van der Waals surface area contributed by atoms with Crippen LogP contribution in [0.2, 0.25) is 0 Å². The maximum Gasteiger partial charge on any atom is 0.276 e. The van der Waals surface area contributed by atoms with Crippen molar-refractivity contribution in [1.82, 2.24) is 29.8 Å². The summed E-state index contributed by atoms with van der Waals surface area (Å²) in [6.07, 6.45) is 3.86. The van der Waals surface area contributed by atoms with Crippen LogP contribution in [0.15, 0.2) is 76.8 Å². The minimum atomic E-state index is -4.06. The topological polar surface area (TPSA) is 148 Å². The van der Waals surface area contributed by atoms with Gasteiger partial charge in [-0.15, -0.1) is 0 Å². The second-order valence-electron chi connectivity index (χ2n) is 8.42. The second kappa shape index (κ2) is 8.75. The van der Waals surface area contributed by atoms with Crippen molar-refractivity contribution in [3.63, 3.8) is 0 Å². The molecule has 0 amide bonds. The molecule has 0 bridgehead atoms. The molecule has 37 heavy (non-hydrogen) atoms. The van der Waals surface area contributed by atoms with Crippen LogP contribution in [0.5, 0.6) is 5.75 Å². The van der Waals surface area contributed by atoms with Crippen LogP contribution in [0.1, 0.15) is 13.3 Å². The summed E-state index contributed by atoms with van der Waals surface area (Å²) >= 11 is 0. The Morgan fingerprint density at radius 2 is 1.95 bits per heavy atom. The van der Waals surface area contributed by atoms with Gasteiger partial charge < -0.3 is 14.7 Å². The highest BCUT2D eigenvalue weighted by atomic mass is 32.2. The molecular weight excluding hydrogens is 494 g/mol. The smallest absolute Gasteiger partial charge is 0.276 e. The van der Waals surface area contributed by atoms with Crippen molar-refractivity contribution >= 4 is 42.9 Å². The summed E-state index contributed by atoms with van der Waals surface area (Å²) in [5.41, 5.74) is 2.37. The fourth-order valence-electron chi connectivity index (χ4n) is 4.11. The number of fused-ring (bicyclic) bond motifs is 3. The number of imidazole rings is 1. The number of nitrogens with zero attached hydrogens (tertiary/aromatic N) is 4. The standard InChI is InChI=1S/C25H21N7O4S/c1-2-9-36-23-8-7-16(37(34,35)31-32-22-6-4-3-5-15(22)13-28-32)10-18(23)24-29-19-12-21-20(26-14-27-21)11-17(19)25(33)30-24/h3-8,10-14,31H,2,9H2,1H3,(H,26,27)(H,29,30,33). The molecule has 0 aliphatic carbocycles. The molecule has 0 unspecified atom stereocenters. The van der Waals surface area contributed by atoms with Crippen molar-refractivity contribution in [2.75, 3.05) is 11.4 Å². The number of para-hydroxylation sites is 1. The van der Waals surface area contributed by atoms with Crippen LogP contribution >= 0.6 is 0 Å². The largest absolute Gasteiger partial charge is 0.493 e. The molecule has 0 spiro atoms. The van der Waals surface area contributed by atoms with Gasteiger partial charge in [-0.3, -0.25) is 4.79 Å². The molecule has 12 heteroatoms. The Morgan fingerprint density at radius 3 is 2.81 bits per heavy atom. The zero-order chi connectivity index (χ0) is 25.6. The minimum absolute atomic E-state index is 0.0450. The number of nitrogens with one attached hydrogen (secondary N) is 3. The predicted octanol–water partition coefficient (Wildman–Crippen LogP) is 3.54. The Bertz CT molecular complexity index is 1960. The van der Waals surface area contributed by atoms with Gasteiger partial charge in [-0.05, 0) is 42.8 Å². The molecule has 0 radical (unpaired) electrons. The molecule has 3 N–H and O–H groups in total. The van der Waals surface area contributed by atoms with Crippen molar-refractivity contribution in [2.24, 2.45) is 0 Å². The summed E-state index contributed by atoms with van der Waals surface area (Å²) < 4.78 is 32.5. The minimum Gasteiger partial charge on any atom is -0.493 e. The number of sulfonamides is 1. The third-order valence-corrected chi connectivity index (χ3v) is 7.20. The number of aromatic nitrogens is 6. The number of H-pyrrole nitrogens is 2. The lowest BCUT2D eigenvalue weighted by molar-refractivity contribution is 0.318. The van der Waals surface area contributed by atoms with Crippen LogP contribution in [0.3, 0.4) is 0 Å². The molecule has 3 heterocycles. The molecular formula is C25H21N7O4S. The third kappa shape index (κ3) is 4.06. The maximum atomic E-state index is 13.3. The Balaban J connectivity index is 1.47. The van der Waals surface area contributed by atoms with Crippen LogP contribution in [0.25, 0.3) is 44.2 Å². The first-order valence-corrected chi connectivity index (χ1v) is 13.0. The molecule has 0 aliphatic rings. The van der Waals surface area contributed by atoms with Crippen molar-refractivity contribution in [3.8, 4) is 17.1 Å². The zero-order valence-corrected chi connectivity index (χ0v) is 20.4. The highest BCUT2D eigenvalue weighted by Gasteiger charge is 2.21. The summed E-state index contributed by atoms with van der Waals surface area (Å²) in [6, 6.07) is 15.1. The lowest BCUT2D eigenvalue weighted by Crippen LogP contribution is -2.24. The molecule has 186 valence electrons. The average Bonchev–Trinajstić information content (AvgIpc) is 3.52. The Hall–Kier alpha value is -4.71. The van der Waals surface area contributed by atoms with E-state index in [9.17, 15) is 13.2 Å². The normalized spacial score (nSPS) is 11.9. The maximum absolute atomic E-state index is 13.3. The van der Waals surface area contributed by atoms with Crippen LogP contribution in [-0.4, -0.2) is 44.9 Å². The van der Waals surface area contributed by atoms with Crippen molar-refractivity contribution in [1.29, 1.82) is 0 Å². The number of ether oxygens (including phenoxy) is 1. The van der Waals surface area contributed by atoms with Gasteiger partial charge in [0.05, 0.1) is 57.0 Å². The summed E-state index contributed by atoms with van der Waals surface area (Å²) in [7, 11) is -4.06. The van der Waals surface area contributed by atoms with Gasteiger partial charge in [0.1, 0.15) is 11.6 Å². The van der Waals surface area contributed by atoms with E-state index in [4.69, 9.17) is 4.74 Å². The number of hydrogen-bond donors (Lipinski definition) is 3. The molecule has 0 atom stereocenters. The molecule has 3 aromatic carbocycles. The monoisotopic (exact) mass is 515 g/mol. The van der Waals surface area contributed by atoms with Gasteiger partial charge in [-0.2, -0.15) is 23.1 Å². The Kier molecular flexibility index (Phi) is 5.37. The fraction of sp³-hybridized carbons (Fsp3) is 0.120. The molecule has 0 fully saturated rings. The molecule has 6 aromatic rings. The van der Waals surface area contributed by atoms with E-state index in [-0.39, 0.29) is 16.3 Å². The first-order chi connectivity index (χ1) is 17.9. The Morgan fingerprint density at radius 1 is 1.08 bits per heavy atom. The van der Waals surface area contributed by atoms with Crippen LogP contribution in [0, 0.1) is 0 Å². The van der Waals surface area contributed by atoms with Gasteiger partial charge in [-0.1, -0.05) is 25.1 Å². The van der Waals surface area contributed by atoms with Crippen LogP contribution < -0.4 is 15.1 Å². The Labute approximate surface area is 210 Å². The summed E-state index contributed by atoms with van der Waals surface area (Å²) in [5, 5.41) is 5.32. The predicted molar refractivity (Wildman–Crippen MR) is 140 cm³/mol. The van der Waals surface area contributed by atoms with Crippen LogP contribution in [0.4, 0.5) is 0 Å². The van der Waals surface area contributed by atoms with Crippen LogP contribution in [-0.2, 0) is 10.0 Å². The lowest BCUT2D eigenvalue weighted by atomic mass is 10.1. The lowest BCUT2D eigenvalue weighted by Gasteiger charge is -2.14. The van der Waals surface area contributed by atoms with E-state index >= 15 is 0 Å². The summed E-state index contributed by atoms with van der Waals surface area (Å²) in [6.45, 7) is 2.37. The van der Waals surface area contributed by atoms with Gasteiger partial charge in [0, 0.05) is 5.39 Å². The first kappa shape index (κ1) is 22.7. The SMILES string of the molecule is CCCOc1ccc(S(=O)(=O)Nn2ncc3ccccc32)cc1-c1nc2cc3nc[nH]c3cc2c(=O)[nH]1. The number of rotatable bonds is 7. The van der Waals surface area contributed by atoms with E-state index in [2.05, 4.69) is 29.9 Å². The molecule has 3 aromatic heterocycles. The molecule has 0 saturated heterocycles. The zero-order valence-electron chi connectivity index (χ0n) is 19.6. The highest BCUT2D eigenvalue weighted by Crippen LogP contribution is 2.31. The molecule has 0 saturated carbocycles. The fourth-order valence-corrected chi connectivity index (χ4v) is 5.11. The van der Waals surface area contributed by atoms with E-state index in [1.54, 1.807) is 42.9 Å². The highest BCUT2D eigenvalue weighted by molar-refractivity contribution is 7.92. The summed E-state index contributed by atoms with van der Waals surface area (Å²) in [5.74, 6) is 0.578.